The zero-order valence-electron chi connectivity index (χ0n) is 13.7. The molecule has 0 saturated carbocycles. The topological polar surface area (TPSA) is 32.6 Å². The molecule has 22 heavy (non-hydrogen) atoms. The Hall–Kier alpha value is -1.87. The molecule has 1 N–H and O–H groups in total. The molecule has 0 amide bonds. The normalized spacial score (nSPS) is 15.4. The fourth-order valence-corrected chi connectivity index (χ4v) is 10.2. The standard InChI is InChI=1S/C19H23NOSi/c1-12(2)22(13(3)4)18-10-14(5)6-8-16(18)20-17-9-7-15(21)11-19(17)22/h6-13,21H,5H2,1-4H3. The van der Waals surface area contributed by atoms with E-state index in [1.54, 1.807) is 6.07 Å². The van der Waals surface area contributed by atoms with Gasteiger partial charge in [-0.15, -0.1) is 0 Å². The zero-order valence-corrected chi connectivity index (χ0v) is 14.7. The third-order valence-corrected chi connectivity index (χ3v) is 11.2. The van der Waals surface area contributed by atoms with Crippen molar-refractivity contribution in [1.82, 2.24) is 0 Å². The molecule has 2 nitrogen and oxygen atoms in total. The van der Waals surface area contributed by atoms with Gasteiger partial charge in [-0.05, 0) is 50.9 Å². The molecule has 0 unspecified atom stereocenters. The maximum atomic E-state index is 10.1. The van der Waals surface area contributed by atoms with Crippen LogP contribution < -0.4 is 20.9 Å². The quantitative estimate of drug-likeness (QED) is 0.849. The van der Waals surface area contributed by atoms with E-state index in [2.05, 4.69) is 46.4 Å². The first kappa shape index (κ1) is 15.0. The van der Waals surface area contributed by atoms with Crippen LogP contribution in [0.3, 0.4) is 0 Å². The Morgan fingerprint density at radius 3 is 2.27 bits per heavy atom. The molecule has 114 valence electrons. The molecule has 3 rings (SSSR count). The minimum atomic E-state index is -2.04. The summed E-state index contributed by atoms with van der Waals surface area (Å²) in [5.74, 6) is 0.335. The van der Waals surface area contributed by atoms with Crippen molar-refractivity contribution in [3.63, 3.8) is 0 Å². The third-order valence-electron chi connectivity index (χ3n) is 4.99. The van der Waals surface area contributed by atoms with Gasteiger partial charge in [0.05, 0.1) is 11.0 Å². The highest BCUT2D eigenvalue weighted by molar-refractivity contribution is 7.05. The Balaban J connectivity index is 2.52. The smallest absolute Gasteiger partial charge is 0.128 e. The van der Waals surface area contributed by atoms with Crippen molar-refractivity contribution in [2.45, 2.75) is 38.8 Å². The second kappa shape index (κ2) is 5.09. The summed E-state index contributed by atoms with van der Waals surface area (Å²) in [6.45, 7) is 13.4. The number of nitrogens with zero attached hydrogens (tertiary/aromatic N) is 1. The van der Waals surface area contributed by atoms with E-state index in [0.717, 1.165) is 16.3 Å². The van der Waals surface area contributed by atoms with E-state index >= 15 is 0 Å². The van der Waals surface area contributed by atoms with Gasteiger partial charge in [0, 0.05) is 0 Å². The number of fused-ring (bicyclic) bond motifs is 2. The van der Waals surface area contributed by atoms with Crippen molar-refractivity contribution in [1.29, 1.82) is 0 Å². The second-order valence-corrected chi connectivity index (χ2v) is 12.0. The van der Waals surface area contributed by atoms with E-state index in [1.807, 2.05) is 18.2 Å². The molecular weight excluding hydrogens is 286 g/mol. The van der Waals surface area contributed by atoms with E-state index in [4.69, 9.17) is 4.99 Å². The average Bonchev–Trinajstić information content (AvgIpc) is 2.44. The summed E-state index contributed by atoms with van der Waals surface area (Å²) in [6.07, 6.45) is 0. The van der Waals surface area contributed by atoms with Crippen LogP contribution in [0, 0.1) is 0 Å². The first-order valence-corrected chi connectivity index (χ1v) is 10.0. The van der Waals surface area contributed by atoms with Crippen LogP contribution in [-0.4, -0.2) is 13.2 Å². The highest BCUT2D eigenvalue weighted by Crippen LogP contribution is 2.35. The molecule has 0 spiro atoms. The number of hydrogen-bond acceptors (Lipinski definition) is 2. The van der Waals surface area contributed by atoms with Crippen LogP contribution in [0.25, 0.3) is 6.58 Å². The van der Waals surface area contributed by atoms with E-state index in [-0.39, 0.29) is 0 Å². The van der Waals surface area contributed by atoms with E-state index < -0.39 is 8.07 Å². The van der Waals surface area contributed by atoms with Gasteiger partial charge in [-0.3, -0.25) is 0 Å². The molecule has 1 aliphatic rings. The Labute approximate surface area is 132 Å². The molecule has 0 aliphatic carbocycles. The molecule has 2 aromatic rings. The second-order valence-electron chi connectivity index (χ2n) is 6.84. The zero-order chi connectivity index (χ0) is 16.1. The molecule has 0 radical (unpaired) electrons. The molecule has 2 aromatic carbocycles. The van der Waals surface area contributed by atoms with Gasteiger partial charge in [-0.1, -0.05) is 46.4 Å². The van der Waals surface area contributed by atoms with Gasteiger partial charge in [0.15, 0.2) is 0 Å². The van der Waals surface area contributed by atoms with Crippen LogP contribution in [-0.2, 0) is 0 Å². The van der Waals surface area contributed by atoms with Gasteiger partial charge >= 0.3 is 0 Å². The van der Waals surface area contributed by atoms with Gasteiger partial charge in [0.2, 0.25) is 0 Å². The fraction of sp³-hybridized carbons (Fsp3) is 0.316. The molecule has 0 atom stereocenters. The molecule has 0 saturated heterocycles. The number of hydrogen-bond donors (Lipinski definition) is 1. The van der Waals surface area contributed by atoms with Crippen LogP contribution in [0.15, 0.2) is 41.4 Å². The monoisotopic (exact) mass is 309 g/mol. The summed E-state index contributed by atoms with van der Waals surface area (Å²) in [6, 6.07) is 12.0. The fourth-order valence-electron chi connectivity index (χ4n) is 4.15. The summed E-state index contributed by atoms with van der Waals surface area (Å²) in [5.41, 5.74) is 2.06. The molecule has 0 aromatic heterocycles. The van der Waals surface area contributed by atoms with Gasteiger partial charge in [-0.25, -0.2) is 4.99 Å². The Morgan fingerprint density at radius 1 is 0.955 bits per heavy atom. The maximum Gasteiger partial charge on any atom is 0.128 e. The van der Waals surface area contributed by atoms with Crippen molar-refractivity contribution in [3.8, 4) is 5.75 Å². The predicted molar refractivity (Wildman–Crippen MR) is 95.7 cm³/mol. The van der Waals surface area contributed by atoms with Crippen LogP contribution in [0.1, 0.15) is 27.7 Å². The van der Waals surface area contributed by atoms with E-state index in [1.165, 1.54) is 10.4 Å². The molecule has 1 aliphatic heterocycles. The number of phenols is 1. The molecule has 3 heteroatoms. The SMILES string of the molecule is C=c1ccc2c(c1)[Si](C(C)C)(C(C)C)c1cc(O)ccc1N=2. The maximum absolute atomic E-state index is 10.1. The first-order chi connectivity index (χ1) is 10.4. The van der Waals surface area contributed by atoms with Gasteiger partial charge in [-0.2, -0.15) is 0 Å². The van der Waals surface area contributed by atoms with E-state index in [9.17, 15) is 5.11 Å². The first-order valence-electron chi connectivity index (χ1n) is 7.89. The van der Waals surface area contributed by atoms with Gasteiger partial charge in [0.25, 0.3) is 0 Å². The lowest BCUT2D eigenvalue weighted by Crippen LogP contribution is -2.68. The average molecular weight is 309 g/mol. The molecule has 0 fully saturated rings. The summed E-state index contributed by atoms with van der Waals surface area (Å²) >= 11 is 0. The number of phenolic OH excluding ortho intramolecular Hbond substituents is 1. The highest BCUT2D eigenvalue weighted by Gasteiger charge is 2.47. The molecule has 0 bridgehead atoms. The van der Waals surface area contributed by atoms with Crippen LogP contribution >= 0.6 is 0 Å². The van der Waals surface area contributed by atoms with Crippen molar-refractivity contribution < 1.29 is 5.11 Å². The lowest BCUT2D eigenvalue weighted by atomic mass is 10.2. The van der Waals surface area contributed by atoms with E-state index in [0.29, 0.717) is 16.8 Å². The Morgan fingerprint density at radius 2 is 1.64 bits per heavy atom. The molecular formula is C19H23NOSi. The summed E-state index contributed by atoms with van der Waals surface area (Å²) < 4.78 is 0. The Kier molecular flexibility index (Phi) is 3.48. The summed E-state index contributed by atoms with van der Waals surface area (Å²) in [7, 11) is -2.04. The predicted octanol–water partition coefficient (Wildman–Crippen LogP) is 2.45. The van der Waals surface area contributed by atoms with Crippen molar-refractivity contribution in [2.75, 3.05) is 0 Å². The largest absolute Gasteiger partial charge is 0.508 e. The number of benzene rings is 2. The minimum Gasteiger partial charge on any atom is -0.508 e. The summed E-state index contributed by atoms with van der Waals surface area (Å²) in [4.78, 5) is 4.85. The molecule has 1 heterocycles. The van der Waals surface area contributed by atoms with Crippen LogP contribution in [0.5, 0.6) is 5.75 Å². The van der Waals surface area contributed by atoms with Crippen molar-refractivity contribution >= 4 is 30.7 Å². The van der Waals surface area contributed by atoms with Gasteiger partial charge in [0.1, 0.15) is 13.8 Å². The van der Waals surface area contributed by atoms with Crippen LogP contribution in [0.2, 0.25) is 11.1 Å². The number of aromatic hydroxyl groups is 1. The van der Waals surface area contributed by atoms with Crippen molar-refractivity contribution in [3.05, 3.63) is 47.0 Å². The third kappa shape index (κ3) is 1.96. The highest BCUT2D eigenvalue weighted by atomic mass is 28.3. The lowest BCUT2D eigenvalue weighted by Gasteiger charge is -2.42. The lowest BCUT2D eigenvalue weighted by molar-refractivity contribution is 0.476. The van der Waals surface area contributed by atoms with Gasteiger partial charge < -0.3 is 5.11 Å². The van der Waals surface area contributed by atoms with Crippen molar-refractivity contribution in [2.24, 2.45) is 4.99 Å². The summed E-state index contributed by atoms with van der Waals surface area (Å²) in [5, 5.41) is 14.8. The minimum absolute atomic E-state index is 0.335. The van der Waals surface area contributed by atoms with Crippen LogP contribution in [0.4, 0.5) is 5.69 Å². The number of rotatable bonds is 2. The Bertz CT molecular complexity index is 831.